The van der Waals surface area contributed by atoms with Gasteiger partial charge in [-0.3, -0.25) is 0 Å². The summed E-state index contributed by atoms with van der Waals surface area (Å²) in [5, 5.41) is 0. The summed E-state index contributed by atoms with van der Waals surface area (Å²) in [4.78, 5) is 10.3. The van der Waals surface area contributed by atoms with Gasteiger partial charge < -0.3 is 9.64 Å². The van der Waals surface area contributed by atoms with E-state index in [0.717, 1.165) is 18.8 Å². The first-order valence-electron chi connectivity index (χ1n) is 5.90. The molecular formula is C14H15N3O. The molecule has 18 heavy (non-hydrogen) atoms. The Balaban J connectivity index is 2.01. The zero-order chi connectivity index (χ0) is 12.6. The van der Waals surface area contributed by atoms with E-state index in [-0.39, 0.29) is 0 Å². The van der Waals surface area contributed by atoms with Crippen LogP contribution in [0.15, 0.2) is 36.8 Å². The van der Waals surface area contributed by atoms with E-state index in [2.05, 4.69) is 27.9 Å². The van der Waals surface area contributed by atoms with E-state index in [0.29, 0.717) is 12.5 Å². The van der Waals surface area contributed by atoms with Crippen molar-refractivity contribution in [3.63, 3.8) is 0 Å². The largest absolute Gasteiger partial charge is 0.464 e. The highest BCUT2D eigenvalue weighted by Crippen LogP contribution is 2.17. The summed E-state index contributed by atoms with van der Waals surface area (Å²) in [5.41, 5.74) is 0. The number of ether oxygens (including phenoxy) is 1. The Morgan fingerprint density at radius 2 is 2.28 bits per heavy atom. The van der Waals surface area contributed by atoms with E-state index < -0.39 is 0 Å². The molecule has 0 spiro atoms. The number of hydrogen-bond acceptors (Lipinski definition) is 4. The topological polar surface area (TPSA) is 38.2 Å². The molecule has 0 unspecified atom stereocenters. The number of anilines is 1. The Morgan fingerprint density at radius 3 is 3.06 bits per heavy atom. The molecule has 0 N–H and O–H groups in total. The molecule has 1 aliphatic heterocycles. The summed E-state index contributed by atoms with van der Waals surface area (Å²) in [6.45, 7) is 3.18. The normalized spacial score (nSPS) is 13.1. The number of hydrogen-bond donors (Lipinski definition) is 0. The maximum atomic E-state index is 5.45. The molecule has 4 nitrogen and oxygen atoms in total. The molecule has 2 rings (SSSR count). The lowest BCUT2D eigenvalue weighted by Crippen LogP contribution is -2.18. The molecule has 0 saturated heterocycles. The van der Waals surface area contributed by atoms with Crippen molar-refractivity contribution in [2.24, 2.45) is 0 Å². The van der Waals surface area contributed by atoms with Crippen LogP contribution in [0.25, 0.3) is 0 Å². The lowest BCUT2D eigenvalue weighted by Gasteiger charge is -2.19. The van der Waals surface area contributed by atoms with Crippen LogP contribution in [0.4, 0.5) is 5.82 Å². The van der Waals surface area contributed by atoms with Gasteiger partial charge in [0.25, 0.3) is 0 Å². The Morgan fingerprint density at radius 1 is 1.33 bits per heavy atom. The lowest BCUT2D eigenvalue weighted by atomic mass is 10.3. The van der Waals surface area contributed by atoms with E-state index in [9.17, 15) is 0 Å². The number of aromatic nitrogens is 2. The van der Waals surface area contributed by atoms with E-state index >= 15 is 0 Å². The van der Waals surface area contributed by atoms with Crippen LogP contribution in [-0.4, -0.2) is 23.1 Å². The van der Waals surface area contributed by atoms with Gasteiger partial charge in [-0.2, -0.15) is 0 Å². The minimum absolute atomic E-state index is 0.361. The fraction of sp³-hybridized carbons (Fsp3) is 0.286. The van der Waals surface area contributed by atoms with Gasteiger partial charge >= 0.3 is 0 Å². The molecule has 0 bridgehead atoms. The van der Waals surface area contributed by atoms with Crippen LogP contribution in [0.5, 0.6) is 5.88 Å². The Labute approximate surface area is 107 Å². The maximum absolute atomic E-state index is 5.45. The average Bonchev–Trinajstić information content (AvgIpc) is 2.45. The standard InChI is InChI=1S/C14H15N3O/c1-2-3-7-10-18-14-11-13(15-12-16-14)17-8-5-4-6-9-17/h4-6,8,11-12H,2,9-10H2,1H3. The average molecular weight is 241 g/mol. The third-order valence-electron chi connectivity index (χ3n) is 2.33. The number of rotatable bonds is 3. The zero-order valence-electron chi connectivity index (χ0n) is 10.3. The fourth-order valence-electron chi connectivity index (χ4n) is 1.49. The van der Waals surface area contributed by atoms with E-state index in [1.54, 1.807) is 0 Å². The van der Waals surface area contributed by atoms with Crippen molar-refractivity contribution >= 4 is 5.82 Å². The third kappa shape index (κ3) is 3.36. The van der Waals surface area contributed by atoms with Crippen LogP contribution in [-0.2, 0) is 0 Å². The molecule has 0 aliphatic carbocycles. The second-order valence-corrected chi connectivity index (χ2v) is 3.63. The Hall–Kier alpha value is -2.28. The maximum Gasteiger partial charge on any atom is 0.219 e. The van der Waals surface area contributed by atoms with Gasteiger partial charge in [0.1, 0.15) is 12.1 Å². The van der Waals surface area contributed by atoms with E-state index in [1.807, 2.05) is 36.2 Å². The summed E-state index contributed by atoms with van der Waals surface area (Å²) in [7, 11) is 0. The summed E-state index contributed by atoms with van der Waals surface area (Å²) in [6.07, 6.45) is 10.4. The predicted molar refractivity (Wildman–Crippen MR) is 71.2 cm³/mol. The molecule has 92 valence electrons. The van der Waals surface area contributed by atoms with Crippen molar-refractivity contribution in [3.05, 3.63) is 36.8 Å². The summed E-state index contributed by atoms with van der Waals surface area (Å²) < 4.78 is 5.45. The molecule has 4 heteroatoms. The molecule has 0 radical (unpaired) electrons. The first-order chi connectivity index (χ1) is 8.90. The van der Waals surface area contributed by atoms with Gasteiger partial charge in [-0.1, -0.05) is 25.0 Å². The smallest absolute Gasteiger partial charge is 0.219 e. The summed E-state index contributed by atoms with van der Waals surface area (Å²) in [5.74, 6) is 7.23. The van der Waals surface area contributed by atoms with Gasteiger partial charge in [0.05, 0.1) is 0 Å². The SMILES string of the molecule is CCC#CCOc1cc(N2C=CC=CC2)ncn1. The molecular weight excluding hydrogens is 226 g/mol. The van der Waals surface area contributed by atoms with Crippen molar-refractivity contribution < 1.29 is 4.74 Å². The number of allylic oxidation sites excluding steroid dienone is 2. The van der Waals surface area contributed by atoms with Gasteiger partial charge in [-0.25, -0.2) is 9.97 Å². The second kappa shape index (κ2) is 6.45. The van der Waals surface area contributed by atoms with Crippen LogP contribution in [0.1, 0.15) is 13.3 Å². The van der Waals surface area contributed by atoms with Crippen molar-refractivity contribution in [1.82, 2.24) is 9.97 Å². The molecule has 0 amide bonds. The van der Waals surface area contributed by atoms with Crippen molar-refractivity contribution in [2.75, 3.05) is 18.1 Å². The molecule has 1 aromatic rings. The molecule has 1 aromatic heterocycles. The first kappa shape index (κ1) is 12.2. The first-order valence-corrected chi connectivity index (χ1v) is 5.90. The van der Waals surface area contributed by atoms with Gasteiger partial charge in [-0.05, 0) is 6.08 Å². The second-order valence-electron chi connectivity index (χ2n) is 3.63. The highest BCUT2D eigenvalue weighted by Gasteiger charge is 2.06. The lowest BCUT2D eigenvalue weighted by molar-refractivity contribution is 0.354. The van der Waals surface area contributed by atoms with Crippen molar-refractivity contribution in [3.8, 4) is 17.7 Å². The summed E-state index contributed by atoms with van der Waals surface area (Å²) in [6, 6.07) is 1.82. The molecule has 2 heterocycles. The number of nitrogens with zero attached hydrogens (tertiary/aromatic N) is 3. The van der Waals surface area contributed by atoms with Crippen LogP contribution in [0.3, 0.4) is 0 Å². The predicted octanol–water partition coefficient (Wildman–Crippen LogP) is 2.16. The van der Waals surface area contributed by atoms with E-state index in [1.165, 1.54) is 6.33 Å². The molecule has 0 atom stereocenters. The van der Waals surface area contributed by atoms with Crippen LogP contribution in [0.2, 0.25) is 0 Å². The van der Waals surface area contributed by atoms with E-state index in [4.69, 9.17) is 4.74 Å². The molecule has 0 aromatic carbocycles. The monoisotopic (exact) mass is 241 g/mol. The third-order valence-corrected chi connectivity index (χ3v) is 2.33. The molecule has 0 saturated carbocycles. The summed E-state index contributed by atoms with van der Waals surface area (Å²) >= 11 is 0. The zero-order valence-corrected chi connectivity index (χ0v) is 10.3. The Kier molecular flexibility index (Phi) is 4.37. The molecule has 1 aliphatic rings. The van der Waals surface area contributed by atoms with Crippen LogP contribution < -0.4 is 9.64 Å². The minimum atomic E-state index is 0.361. The quantitative estimate of drug-likeness (QED) is 0.760. The Bertz CT molecular complexity index is 511. The van der Waals surface area contributed by atoms with Crippen molar-refractivity contribution in [1.29, 1.82) is 0 Å². The van der Waals surface area contributed by atoms with Gasteiger partial charge in [-0.15, -0.1) is 5.92 Å². The minimum Gasteiger partial charge on any atom is -0.464 e. The van der Waals surface area contributed by atoms with Crippen LogP contribution in [0, 0.1) is 11.8 Å². The fourth-order valence-corrected chi connectivity index (χ4v) is 1.49. The van der Waals surface area contributed by atoms with Crippen LogP contribution >= 0.6 is 0 Å². The van der Waals surface area contributed by atoms with Gasteiger partial charge in [0.15, 0.2) is 6.61 Å². The highest BCUT2D eigenvalue weighted by molar-refractivity contribution is 5.46. The molecule has 0 fully saturated rings. The highest BCUT2D eigenvalue weighted by atomic mass is 16.5. The van der Waals surface area contributed by atoms with Gasteiger partial charge in [0, 0.05) is 25.2 Å². The van der Waals surface area contributed by atoms with Gasteiger partial charge in [0.2, 0.25) is 5.88 Å². The van der Waals surface area contributed by atoms with Crippen molar-refractivity contribution in [2.45, 2.75) is 13.3 Å².